The summed E-state index contributed by atoms with van der Waals surface area (Å²) in [5.41, 5.74) is 0. The number of carbonyl (C=O) groups is 2. The third-order valence-electron chi connectivity index (χ3n) is 2.77. The predicted molar refractivity (Wildman–Crippen MR) is 57.3 cm³/mol. The van der Waals surface area contributed by atoms with Crippen LogP contribution in [-0.4, -0.2) is 50.4 Å². The van der Waals surface area contributed by atoms with Gasteiger partial charge in [-0.1, -0.05) is 0 Å². The van der Waals surface area contributed by atoms with Crippen molar-refractivity contribution in [3.8, 4) is 0 Å². The van der Waals surface area contributed by atoms with Crippen molar-refractivity contribution in [1.29, 1.82) is 0 Å². The Morgan fingerprint density at radius 3 is 2.67 bits per heavy atom. The molecular weight excluding hydrogens is 194 g/mol. The zero-order chi connectivity index (χ0) is 11.3. The maximum Gasteiger partial charge on any atom is 0.233 e. The lowest BCUT2D eigenvalue weighted by molar-refractivity contribution is -0.128. The zero-order valence-corrected chi connectivity index (χ0v) is 9.38. The molecule has 0 spiro atoms. The van der Waals surface area contributed by atoms with Crippen LogP contribution in [0.3, 0.4) is 0 Å². The predicted octanol–water partition coefficient (Wildman–Crippen LogP) is -0.810. The van der Waals surface area contributed by atoms with Crippen molar-refractivity contribution in [3.05, 3.63) is 0 Å². The lowest BCUT2D eigenvalue weighted by Crippen LogP contribution is -2.45. The quantitative estimate of drug-likeness (QED) is 0.644. The summed E-state index contributed by atoms with van der Waals surface area (Å²) >= 11 is 0. The van der Waals surface area contributed by atoms with Gasteiger partial charge in [0.1, 0.15) is 0 Å². The fourth-order valence-electron chi connectivity index (χ4n) is 1.90. The van der Waals surface area contributed by atoms with Gasteiger partial charge in [0.25, 0.3) is 0 Å². The number of likely N-dealkylation sites (tertiary alicyclic amines) is 1. The van der Waals surface area contributed by atoms with Gasteiger partial charge in [-0.3, -0.25) is 14.5 Å². The molecule has 1 aliphatic heterocycles. The number of carbonyl (C=O) groups excluding carboxylic acids is 2. The summed E-state index contributed by atoms with van der Waals surface area (Å²) in [7, 11) is 3.28. The van der Waals surface area contributed by atoms with Gasteiger partial charge in [0, 0.05) is 20.6 Å². The average Bonchev–Trinajstić information content (AvgIpc) is 2.28. The van der Waals surface area contributed by atoms with Crippen LogP contribution in [0.2, 0.25) is 0 Å². The van der Waals surface area contributed by atoms with E-state index in [1.165, 1.54) is 0 Å². The summed E-state index contributed by atoms with van der Waals surface area (Å²) < 4.78 is 0. The Morgan fingerprint density at radius 2 is 2.07 bits per heavy atom. The lowest BCUT2D eigenvalue weighted by Gasteiger charge is -2.30. The summed E-state index contributed by atoms with van der Waals surface area (Å²) in [6.45, 7) is 1.98. The van der Waals surface area contributed by atoms with Gasteiger partial charge in [0.05, 0.1) is 12.5 Å². The van der Waals surface area contributed by atoms with Gasteiger partial charge in [-0.25, -0.2) is 0 Å². The Labute approximate surface area is 90.2 Å². The third-order valence-corrected chi connectivity index (χ3v) is 2.77. The normalized spacial score (nSPS) is 22.1. The van der Waals surface area contributed by atoms with E-state index >= 15 is 0 Å². The molecule has 86 valence electrons. The second-order valence-corrected chi connectivity index (χ2v) is 3.86. The molecule has 5 heteroatoms. The summed E-state index contributed by atoms with van der Waals surface area (Å²) in [5, 5.41) is 5.25. The number of nitrogens with zero attached hydrogens (tertiary/aromatic N) is 1. The van der Waals surface area contributed by atoms with E-state index in [1.807, 2.05) is 4.90 Å². The summed E-state index contributed by atoms with van der Waals surface area (Å²) in [5.74, 6) is 0.123. The largest absolute Gasteiger partial charge is 0.359 e. The van der Waals surface area contributed by atoms with E-state index in [4.69, 9.17) is 0 Å². The van der Waals surface area contributed by atoms with E-state index < -0.39 is 0 Å². The first kappa shape index (κ1) is 12.0. The molecule has 1 heterocycles. The first-order valence-electron chi connectivity index (χ1n) is 5.32. The van der Waals surface area contributed by atoms with Crippen LogP contribution in [0.25, 0.3) is 0 Å². The molecule has 1 rings (SSSR count). The Balaban J connectivity index is 2.42. The van der Waals surface area contributed by atoms with Crippen LogP contribution in [-0.2, 0) is 9.59 Å². The average molecular weight is 213 g/mol. The van der Waals surface area contributed by atoms with Crippen molar-refractivity contribution in [2.24, 2.45) is 5.92 Å². The van der Waals surface area contributed by atoms with Crippen LogP contribution in [0, 0.1) is 5.92 Å². The molecular formula is C10H19N3O2. The monoisotopic (exact) mass is 213 g/mol. The first-order chi connectivity index (χ1) is 7.17. The Hall–Kier alpha value is -1.10. The van der Waals surface area contributed by atoms with Gasteiger partial charge in [0.15, 0.2) is 0 Å². The molecule has 2 N–H and O–H groups in total. The maximum atomic E-state index is 11.4. The molecule has 0 saturated carbocycles. The molecule has 1 fully saturated rings. The van der Waals surface area contributed by atoms with Crippen molar-refractivity contribution in [1.82, 2.24) is 15.5 Å². The van der Waals surface area contributed by atoms with Gasteiger partial charge < -0.3 is 10.6 Å². The molecule has 0 aromatic carbocycles. The molecule has 0 aromatic heterocycles. The number of hydrogen-bond donors (Lipinski definition) is 2. The number of rotatable bonds is 3. The minimum absolute atomic E-state index is 0.00700. The Kier molecular flexibility index (Phi) is 4.55. The standard InChI is InChI=1S/C10H19N3O2/c1-11-9(14)7-13-5-3-4-8(6-13)10(15)12-2/h8H,3-7H2,1-2H3,(H,11,14)(H,12,15). The SMILES string of the molecule is CNC(=O)CN1CCCC(C(=O)NC)C1. The van der Waals surface area contributed by atoms with E-state index in [-0.39, 0.29) is 17.7 Å². The van der Waals surface area contributed by atoms with E-state index in [0.29, 0.717) is 13.1 Å². The topological polar surface area (TPSA) is 61.4 Å². The van der Waals surface area contributed by atoms with E-state index in [1.54, 1.807) is 14.1 Å². The molecule has 0 aliphatic carbocycles. The molecule has 1 atom stereocenters. The van der Waals surface area contributed by atoms with Gasteiger partial charge in [-0.2, -0.15) is 0 Å². The fourth-order valence-corrected chi connectivity index (χ4v) is 1.90. The number of likely N-dealkylation sites (N-methyl/N-ethyl adjacent to an activating group) is 1. The van der Waals surface area contributed by atoms with Gasteiger partial charge in [-0.05, 0) is 19.4 Å². The van der Waals surface area contributed by atoms with E-state index in [2.05, 4.69) is 10.6 Å². The highest BCUT2D eigenvalue weighted by Gasteiger charge is 2.25. The molecule has 0 aromatic rings. The summed E-state index contributed by atoms with van der Waals surface area (Å²) in [6.07, 6.45) is 1.90. The summed E-state index contributed by atoms with van der Waals surface area (Å²) in [6, 6.07) is 0. The van der Waals surface area contributed by atoms with E-state index in [9.17, 15) is 9.59 Å². The Morgan fingerprint density at radius 1 is 1.33 bits per heavy atom. The molecule has 5 nitrogen and oxygen atoms in total. The first-order valence-corrected chi connectivity index (χ1v) is 5.32. The second-order valence-electron chi connectivity index (χ2n) is 3.86. The summed E-state index contributed by atoms with van der Waals surface area (Å²) in [4.78, 5) is 24.6. The van der Waals surface area contributed by atoms with Crippen molar-refractivity contribution >= 4 is 11.8 Å². The van der Waals surface area contributed by atoms with Crippen LogP contribution < -0.4 is 10.6 Å². The molecule has 1 aliphatic rings. The van der Waals surface area contributed by atoms with Crippen molar-refractivity contribution in [2.75, 3.05) is 33.7 Å². The number of amides is 2. The smallest absolute Gasteiger partial charge is 0.233 e. The number of piperidine rings is 1. The second kappa shape index (κ2) is 5.70. The maximum absolute atomic E-state index is 11.4. The minimum Gasteiger partial charge on any atom is -0.359 e. The molecule has 0 bridgehead atoms. The van der Waals surface area contributed by atoms with Crippen LogP contribution in [0.5, 0.6) is 0 Å². The third kappa shape index (κ3) is 3.51. The lowest BCUT2D eigenvalue weighted by atomic mass is 9.97. The van der Waals surface area contributed by atoms with Gasteiger partial charge in [0.2, 0.25) is 11.8 Å². The molecule has 1 saturated heterocycles. The highest BCUT2D eigenvalue weighted by atomic mass is 16.2. The van der Waals surface area contributed by atoms with Crippen LogP contribution in [0.1, 0.15) is 12.8 Å². The van der Waals surface area contributed by atoms with Crippen molar-refractivity contribution < 1.29 is 9.59 Å². The van der Waals surface area contributed by atoms with Gasteiger partial charge in [-0.15, -0.1) is 0 Å². The molecule has 1 unspecified atom stereocenters. The highest BCUT2D eigenvalue weighted by molar-refractivity contribution is 5.79. The number of hydrogen-bond acceptors (Lipinski definition) is 3. The van der Waals surface area contributed by atoms with Crippen LogP contribution in [0.4, 0.5) is 0 Å². The number of nitrogens with one attached hydrogen (secondary N) is 2. The molecule has 2 amide bonds. The van der Waals surface area contributed by atoms with Gasteiger partial charge >= 0.3 is 0 Å². The minimum atomic E-state index is 0.00700. The van der Waals surface area contributed by atoms with Crippen LogP contribution in [0.15, 0.2) is 0 Å². The Bertz CT molecular complexity index is 243. The van der Waals surface area contributed by atoms with Crippen LogP contribution >= 0.6 is 0 Å². The fraction of sp³-hybridized carbons (Fsp3) is 0.800. The molecule has 15 heavy (non-hydrogen) atoms. The molecule has 0 radical (unpaired) electrons. The van der Waals surface area contributed by atoms with Crippen molar-refractivity contribution in [2.45, 2.75) is 12.8 Å². The zero-order valence-electron chi connectivity index (χ0n) is 9.38. The van der Waals surface area contributed by atoms with E-state index in [0.717, 1.165) is 19.4 Å². The van der Waals surface area contributed by atoms with Crippen molar-refractivity contribution in [3.63, 3.8) is 0 Å². The highest BCUT2D eigenvalue weighted by Crippen LogP contribution is 2.15.